The average molecular weight is 592 g/mol. The van der Waals surface area contributed by atoms with Crippen LogP contribution in [0.2, 0.25) is 39.3 Å². The van der Waals surface area contributed by atoms with Gasteiger partial charge < -0.3 is 29.3 Å². The van der Waals surface area contributed by atoms with Crippen molar-refractivity contribution in [3.63, 3.8) is 0 Å². The van der Waals surface area contributed by atoms with Gasteiger partial charge in [-0.05, 0) is 67.0 Å². The van der Waals surface area contributed by atoms with E-state index >= 15 is 0 Å². The molecule has 32 heavy (non-hydrogen) atoms. The zero-order valence-corrected chi connectivity index (χ0v) is 26.1. The normalized spacial score (nSPS) is 16.5. The minimum atomic E-state index is -1.72. The molecule has 202 valence electrons. The van der Waals surface area contributed by atoms with E-state index in [9.17, 15) is 20.4 Å². The van der Waals surface area contributed by atoms with E-state index in [4.69, 9.17) is 8.85 Å². The summed E-state index contributed by atoms with van der Waals surface area (Å²) in [6, 6.07) is 0. The maximum atomic E-state index is 11.9. The summed E-state index contributed by atoms with van der Waals surface area (Å²) in [5.74, 6) is 0. The maximum absolute atomic E-state index is 11.9. The Hall–Kier alpha value is 1.23. The number of hydrogen-bond donors (Lipinski definition) is 0. The monoisotopic (exact) mass is 590 g/mol. The van der Waals surface area contributed by atoms with Crippen LogP contribution in [0.4, 0.5) is 0 Å². The molecule has 10 heteroatoms. The van der Waals surface area contributed by atoms with Crippen molar-refractivity contribution < 1.29 is 63.4 Å². The molecule has 0 rings (SSSR count). The molecule has 0 saturated carbocycles. The second-order valence-electron chi connectivity index (χ2n) is 11.1. The van der Waals surface area contributed by atoms with Crippen LogP contribution in [0.5, 0.6) is 0 Å². The predicted molar refractivity (Wildman–Crippen MR) is 122 cm³/mol. The first kappa shape index (κ1) is 40.4. The van der Waals surface area contributed by atoms with E-state index in [2.05, 4.69) is 39.3 Å². The van der Waals surface area contributed by atoms with Gasteiger partial charge in [0.05, 0.1) is 0 Å². The zero-order valence-electron chi connectivity index (χ0n) is 22.2. The maximum Gasteiger partial charge on any atom is 2.00 e. The van der Waals surface area contributed by atoms with Gasteiger partial charge in [-0.15, -0.1) is 12.2 Å². The minimum Gasteiger partial charge on any atom is -0.852 e. The van der Waals surface area contributed by atoms with Crippen molar-refractivity contribution in [2.45, 2.75) is 142 Å². The molecular weight excluding hydrogens is 544 g/mol. The van der Waals surface area contributed by atoms with Gasteiger partial charge in [0.1, 0.15) is 0 Å². The molecule has 0 spiro atoms. The van der Waals surface area contributed by atoms with Gasteiger partial charge in [-0.25, -0.2) is 0 Å². The van der Waals surface area contributed by atoms with Crippen molar-refractivity contribution >= 4 is 16.6 Å². The second-order valence-corrected chi connectivity index (χ2v) is 20.0. The molecule has 4 atom stereocenters. The minimum absolute atomic E-state index is 0. The van der Waals surface area contributed by atoms with Crippen LogP contribution >= 0.6 is 0 Å². The Labute approximate surface area is 221 Å². The third-order valence-corrected chi connectivity index (χ3v) is 6.83. The van der Waals surface area contributed by atoms with Gasteiger partial charge in [-0.3, -0.25) is 0 Å². The molecule has 0 amide bonds. The molecule has 0 heterocycles. The van der Waals surface area contributed by atoms with Crippen LogP contribution < -0.4 is 20.4 Å². The Morgan fingerprint density at radius 1 is 0.594 bits per heavy atom. The van der Waals surface area contributed by atoms with Crippen molar-refractivity contribution in [1.29, 1.82) is 0 Å². The molecule has 0 saturated heterocycles. The molecule has 2 radical (unpaired) electrons. The fourth-order valence-corrected chi connectivity index (χ4v) is 6.51. The van der Waals surface area contributed by atoms with Crippen LogP contribution in [0.15, 0.2) is 0 Å². The Morgan fingerprint density at radius 2 is 0.812 bits per heavy atom. The molecule has 0 aliphatic carbocycles. The SMILES string of the molecule is CCC([O-])CC([O-])C(C)(C)O[Si](C)(C)C.CCC([O-])CC([O-])C(C)(C)O[Si](C)(C)C.[Cu+2].[Cu+2]. The second kappa shape index (κ2) is 16.8. The van der Waals surface area contributed by atoms with Crippen LogP contribution in [0.25, 0.3) is 0 Å². The van der Waals surface area contributed by atoms with Gasteiger partial charge in [-0.1, -0.05) is 51.7 Å². The van der Waals surface area contributed by atoms with Crippen molar-refractivity contribution in [1.82, 2.24) is 0 Å². The van der Waals surface area contributed by atoms with Gasteiger partial charge in [0.25, 0.3) is 0 Å². The van der Waals surface area contributed by atoms with Crippen LogP contribution in [0.1, 0.15) is 67.2 Å². The summed E-state index contributed by atoms with van der Waals surface area (Å²) < 4.78 is 11.6. The summed E-state index contributed by atoms with van der Waals surface area (Å²) >= 11 is 0. The molecule has 0 aromatic heterocycles. The number of hydrogen-bond acceptors (Lipinski definition) is 6. The smallest absolute Gasteiger partial charge is 0.852 e. The van der Waals surface area contributed by atoms with Gasteiger partial charge in [0, 0.05) is 11.2 Å². The van der Waals surface area contributed by atoms with Gasteiger partial charge in [-0.2, -0.15) is 0 Å². The predicted octanol–water partition coefficient (Wildman–Crippen LogP) is 1.74. The van der Waals surface area contributed by atoms with Crippen LogP contribution in [0.3, 0.4) is 0 Å². The summed E-state index contributed by atoms with van der Waals surface area (Å²) in [6.07, 6.45) is -2.00. The van der Waals surface area contributed by atoms with Crippen LogP contribution in [-0.4, -0.2) is 52.3 Å². The van der Waals surface area contributed by atoms with Crippen molar-refractivity contribution in [3.05, 3.63) is 0 Å². The van der Waals surface area contributed by atoms with E-state index in [0.29, 0.717) is 12.8 Å². The largest absolute Gasteiger partial charge is 2.00 e. The summed E-state index contributed by atoms with van der Waals surface area (Å²) in [6.45, 7) is 23.1. The molecule has 0 aliphatic rings. The van der Waals surface area contributed by atoms with E-state index in [1.807, 2.05) is 13.8 Å². The Balaban J connectivity index is -0.000000231. The van der Waals surface area contributed by atoms with Crippen LogP contribution in [0, 0.1) is 0 Å². The molecule has 0 fully saturated rings. The van der Waals surface area contributed by atoms with E-state index in [1.54, 1.807) is 27.7 Å². The van der Waals surface area contributed by atoms with E-state index in [1.165, 1.54) is 0 Å². The van der Waals surface area contributed by atoms with Crippen molar-refractivity contribution in [3.8, 4) is 0 Å². The molecule has 0 N–H and O–H groups in total. The van der Waals surface area contributed by atoms with Crippen LogP contribution in [-0.2, 0) is 43.0 Å². The number of rotatable bonds is 12. The van der Waals surface area contributed by atoms with E-state index in [-0.39, 0.29) is 47.0 Å². The van der Waals surface area contributed by atoms with Gasteiger partial charge in [0.2, 0.25) is 0 Å². The first-order chi connectivity index (χ1) is 13.2. The summed E-state index contributed by atoms with van der Waals surface area (Å²) in [7, 11) is -3.44. The van der Waals surface area contributed by atoms with Crippen molar-refractivity contribution in [2.24, 2.45) is 0 Å². The molecule has 0 aromatic carbocycles. The Kier molecular flexibility index (Phi) is 21.2. The van der Waals surface area contributed by atoms with Gasteiger partial charge >= 0.3 is 34.1 Å². The quantitative estimate of drug-likeness (QED) is 0.320. The molecule has 4 unspecified atom stereocenters. The van der Waals surface area contributed by atoms with E-state index < -0.39 is 52.3 Å². The van der Waals surface area contributed by atoms with Crippen molar-refractivity contribution in [2.75, 3.05) is 0 Å². The third-order valence-electron chi connectivity index (χ3n) is 4.55. The van der Waals surface area contributed by atoms with Gasteiger partial charge in [0.15, 0.2) is 16.6 Å². The Bertz CT molecular complexity index is 426. The zero-order chi connectivity index (χ0) is 24.6. The topological polar surface area (TPSA) is 111 Å². The fourth-order valence-electron chi connectivity index (χ4n) is 3.09. The first-order valence-corrected chi connectivity index (χ1v) is 18.0. The molecule has 0 aromatic rings. The average Bonchev–Trinajstić information content (AvgIpc) is 2.50. The molecule has 6 nitrogen and oxygen atoms in total. The summed E-state index contributed by atoms with van der Waals surface area (Å²) in [5.41, 5.74) is -1.44. The molecular formula is C22H48Cu2O6Si2. The standard InChI is InChI=1S/2C11H24O3Si.2Cu/c2*1-7-9(12)8-10(13)11(2,3)14-15(4,5)6;;/h2*9-10H,7-8H2,1-6H3;;/q2*-2;2*+2. The fraction of sp³-hybridized carbons (Fsp3) is 1.00. The third kappa shape index (κ3) is 20.6. The summed E-state index contributed by atoms with van der Waals surface area (Å²) in [4.78, 5) is 0. The summed E-state index contributed by atoms with van der Waals surface area (Å²) in [5, 5.41) is 46.3. The molecule has 0 aliphatic heterocycles. The van der Waals surface area contributed by atoms with E-state index in [0.717, 1.165) is 0 Å². The first-order valence-electron chi connectivity index (χ1n) is 11.2. The Morgan fingerprint density at radius 3 is 0.969 bits per heavy atom. The molecule has 0 bridgehead atoms.